The first kappa shape index (κ1) is 14.1. The van der Waals surface area contributed by atoms with Crippen molar-refractivity contribution in [2.24, 2.45) is 5.92 Å². The summed E-state index contributed by atoms with van der Waals surface area (Å²) in [6, 6.07) is 9.86. The summed E-state index contributed by atoms with van der Waals surface area (Å²) in [6.07, 6.45) is 2.34. The van der Waals surface area contributed by atoms with Crippen molar-refractivity contribution >= 4 is 5.91 Å². The third kappa shape index (κ3) is 3.80. The molecule has 1 saturated heterocycles. The molecule has 3 heteroatoms. The summed E-state index contributed by atoms with van der Waals surface area (Å²) in [6.45, 7) is 7.24. The molecule has 3 nitrogen and oxygen atoms in total. The number of piperidine rings is 1. The highest BCUT2D eigenvalue weighted by molar-refractivity contribution is 5.94. The van der Waals surface area contributed by atoms with Crippen LogP contribution in [0.1, 0.15) is 37.0 Å². The molecule has 1 aliphatic heterocycles. The van der Waals surface area contributed by atoms with Crippen LogP contribution >= 0.6 is 0 Å². The normalized spacial score (nSPS) is 16.6. The highest BCUT2D eigenvalue weighted by Gasteiger charge is 2.23. The molecule has 0 unspecified atom stereocenters. The molecule has 1 aromatic carbocycles. The molecular formula is C16H24N2O. The number of amides is 1. The maximum Gasteiger partial charge on any atom is 0.254 e. The number of nitrogens with zero attached hydrogens (tertiary/aromatic N) is 1. The van der Waals surface area contributed by atoms with Crippen LogP contribution in [0, 0.1) is 5.92 Å². The molecule has 0 aromatic heterocycles. The van der Waals surface area contributed by atoms with E-state index < -0.39 is 0 Å². The Morgan fingerprint density at radius 3 is 2.47 bits per heavy atom. The van der Waals surface area contributed by atoms with Gasteiger partial charge in [-0.2, -0.15) is 0 Å². The van der Waals surface area contributed by atoms with Gasteiger partial charge in [-0.05, 0) is 57.8 Å². The third-order valence-corrected chi connectivity index (χ3v) is 3.82. The Hall–Kier alpha value is -1.35. The second-order valence-electron chi connectivity index (χ2n) is 5.61. The van der Waals surface area contributed by atoms with E-state index in [-0.39, 0.29) is 11.9 Å². The first-order valence-corrected chi connectivity index (χ1v) is 7.25. The number of carbonyl (C=O) groups is 1. The van der Waals surface area contributed by atoms with E-state index in [0.717, 1.165) is 25.2 Å². The van der Waals surface area contributed by atoms with Crippen LogP contribution in [0.5, 0.6) is 0 Å². The average molecular weight is 260 g/mol. The fourth-order valence-corrected chi connectivity index (χ4v) is 2.62. The minimum absolute atomic E-state index is 0.161. The summed E-state index contributed by atoms with van der Waals surface area (Å²) in [5.41, 5.74) is 0.796. The molecule has 2 rings (SSSR count). The molecule has 1 aromatic rings. The lowest BCUT2D eigenvalue weighted by Gasteiger charge is -2.33. The van der Waals surface area contributed by atoms with Crippen LogP contribution < -0.4 is 5.32 Å². The highest BCUT2D eigenvalue weighted by atomic mass is 16.2. The van der Waals surface area contributed by atoms with Crippen LogP contribution in [0.4, 0.5) is 0 Å². The van der Waals surface area contributed by atoms with Gasteiger partial charge in [0.15, 0.2) is 0 Å². The van der Waals surface area contributed by atoms with Gasteiger partial charge in [0, 0.05) is 18.2 Å². The first-order chi connectivity index (χ1) is 9.18. The van der Waals surface area contributed by atoms with Crippen molar-refractivity contribution in [3.05, 3.63) is 35.9 Å². The van der Waals surface area contributed by atoms with Gasteiger partial charge in [0.25, 0.3) is 5.91 Å². The summed E-state index contributed by atoms with van der Waals surface area (Å²) in [5.74, 6) is 0.797. The molecule has 1 amide bonds. The van der Waals surface area contributed by atoms with Gasteiger partial charge in [0.1, 0.15) is 0 Å². The molecule has 1 heterocycles. The topological polar surface area (TPSA) is 32.3 Å². The lowest BCUT2D eigenvalue weighted by atomic mass is 9.96. The number of hydrogen-bond acceptors (Lipinski definition) is 2. The summed E-state index contributed by atoms with van der Waals surface area (Å²) < 4.78 is 0. The van der Waals surface area contributed by atoms with Crippen molar-refractivity contribution in [2.45, 2.75) is 32.7 Å². The van der Waals surface area contributed by atoms with E-state index in [1.165, 1.54) is 12.8 Å². The molecule has 1 fully saturated rings. The van der Waals surface area contributed by atoms with Crippen LogP contribution in [0.25, 0.3) is 0 Å². The molecular weight excluding hydrogens is 236 g/mol. The SMILES string of the molecule is CC(C)N(CC1CCNCC1)C(=O)c1ccccc1. The summed E-state index contributed by atoms with van der Waals surface area (Å²) >= 11 is 0. The lowest BCUT2D eigenvalue weighted by Crippen LogP contribution is -2.42. The lowest BCUT2D eigenvalue weighted by molar-refractivity contribution is 0.0658. The standard InChI is InChI=1S/C16H24N2O/c1-13(2)18(12-14-8-10-17-11-9-14)16(19)15-6-4-3-5-7-15/h3-7,13-14,17H,8-12H2,1-2H3. The van der Waals surface area contributed by atoms with Gasteiger partial charge in [-0.25, -0.2) is 0 Å². The summed E-state index contributed by atoms with van der Waals surface area (Å²) in [4.78, 5) is 14.6. The van der Waals surface area contributed by atoms with E-state index in [4.69, 9.17) is 0 Å². The van der Waals surface area contributed by atoms with Gasteiger partial charge in [-0.3, -0.25) is 4.79 Å². The zero-order valence-electron chi connectivity index (χ0n) is 11.9. The fraction of sp³-hybridized carbons (Fsp3) is 0.562. The monoisotopic (exact) mass is 260 g/mol. The zero-order valence-corrected chi connectivity index (χ0v) is 11.9. The zero-order chi connectivity index (χ0) is 13.7. The summed E-state index contributed by atoms with van der Waals surface area (Å²) in [7, 11) is 0. The summed E-state index contributed by atoms with van der Waals surface area (Å²) in [5, 5.41) is 3.37. The molecule has 0 aliphatic carbocycles. The van der Waals surface area contributed by atoms with Crippen LogP contribution in [0.2, 0.25) is 0 Å². The molecule has 104 valence electrons. The van der Waals surface area contributed by atoms with E-state index in [2.05, 4.69) is 19.2 Å². The van der Waals surface area contributed by atoms with Crippen molar-refractivity contribution in [3.8, 4) is 0 Å². The highest BCUT2D eigenvalue weighted by Crippen LogP contribution is 2.17. The van der Waals surface area contributed by atoms with Crippen molar-refractivity contribution in [3.63, 3.8) is 0 Å². The van der Waals surface area contributed by atoms with Gasteiger partial charge >= 0.3 is 0 Å². The van der Waals surface area contributed by atoms with Crippen molar-refractivity contribution in [2.75, 3.05) is 19.6 Å². The van der Waals surface area contributed by atoms with Gasteiger partial charge in [0.05, 0.1) is 0 Å². The Morgan fingerprint density at radius 2 is 1.89 bits per heavy atom. The molecule has 1 N–H and O–H groups in total. The van der Waals surface area contributed by atoms with Gasteiger partial charge < -0.3 is 10.2 Å². The first-order valence-electron chi connectivity index (χ1n) is 7.25. The van der Waals surface area contributed by atoms with E-state index in [1.54, 1.807) is 0 Å². The smallest absolute Gasteiger partial charge is 0.254 e. The Bertz CT molecular complexity index is 396. The maximum absolute atomic E-state index is 12.6. The molecule has 1 aliphatic rings. The molecule has 0 bridgehead atoms. The second-order valence-corrected chi connectivity index (χ2v) is 5.61. The third-order valence-electron chi connectivity index (χ3n) is 3.82. The quantitative estimate of drug-likeness (QED) is 0.902. The minimum Gasteiger partial charge on any atom is -0.336 e. The average Bonchev–Trinajstić information content (AvgIpc) is 2.46. The predicted octanol–water partition coefficient (Wildman–Crippen LogP) is 2.54. The molecule has 0 saturated carbocycles. The van der Waals surface area contributed by atoms with Crippen LogP contribution in [0.3, 0.4) is 0 Å². The Labute approximate surface area is 116 Å². The van der Waals surface area contributed by atoms with Crippen LogP contribution in [0.15, 0.2) is 30.3 Å². The fourth-order valence-electron chi connectivity index (χ4n) is 2.62. The van der Waals surface area contributed by atoms with E-state index in [9.17, 15) is 4.79 Å². The maximum atomic E-state index is 12.6. The van der Waals surface area contributed by atoms with Crippen molar-refractivity contribution in [1.29, 1.82) is 0 Å². The largest absolute Gasteiger partial charge is 0.336 e. The molecule has 0 radical (unpaired) electrons. The molecule has 0 atom stereocenters. The number of nitrogens with one attached hydrogen (secondary N) is 1. The predicted molar refractivity (Wildman–Crippen MR) is 78.2 cm³/mol. The van der Waals surface area contributed by atoms with E-state index in [1.807, 2.05) is 35.2 Å². The number of carbonyl (C=O) groups excluding carboxylic acids is 1. The molecule has 0 spiro atoms. The molecule has 19 heavy (non-hydrogen) atoms. The number of rotatable bonds is 4. The van der Waals surface area contributed by atoms with E-state index >= 15 is 0 Å². The van der Waals surface area contributed by atoms with Crippen molar-refractivity contribution in [1.82, 2.24) is 10.2 Å². The van der Waals surface area contributed by atoms with Gasteiger partial charge in [-0.15, -0.1) is 0 Å². The number of benzene rings is 1. The van der Waals surface area contributed by atoms with Crippen molar-refractivity contribution < 1.29 is 4.79 Å². The van der Waals surface area contributed by atoms with Gasteiger partial charge in [-0.1, -0.05) is 18.2 Å². The van der Waals surface area contributed by atoms with Gasteiger partial charge in [0.2, 0.25) is 0 Å². The Balaban J connectivity index is 2.05. The Morgan fingerprint density at radius 1 is 1.26 bits per heavy atom. The second kappa shape index (κ2) is 6.71. The van der Waals surface area contributed by atoms with Crippen LogP contribution in [-0.2, 0) is 0 Å². The number of hydrogen-bond donors (Lipinski definition) is 1. The van der Waals surface area contributed by atoms with E-state index in [0.29, 0.717) is 5.92 Å². The minimum atomic E-state index is 0.161. The Kier molecular flexibility index (Phi) is 4.97. The van der Waals surface area contributed by atoms with Crippen LogP contribution in [-0.4, -0.2) is 36.5 Å².